The summed E-state index contributed by atoms with van der Waals surface area (Å²) < 4.78 is 0. The highest BCUT2D eigenvalue weighted by molar-refractivity contribution is 7.09. The van der Waals surface area contributed by atoms with Crippen molar-refractivity contribution in [2.24, 2.45) is 0 Å². The Morgan fingerprint density at radius 1 is 1.43 bits per heavy atom. The SMILES string of the molecule is Cc1nc(C(C)NC(=O)c2ccc([N+](=O)[O-])c(C)c2)cs1. The molecule has 0 saturated carbocycles. The number of aromatic nitrogens is 1. The van der Waals surface area contributed by atoms with Crippen molar-refractivity contribution in [1.82, 2.24) is 10.3 Å². The zero-order valence-corrected chi connectivity index (χ0v) is 12.7. The van der Waals surface area contributed by atoms with Gasteiger partial charge in [-0.2, -0.15) is 0 Å². The molecule has 0 aliphatic heterocycles. The van der Waals surface area contributed by atoms with Crippen molar-refractivity contribution in [1.29, 1.82) is 0 Å². The first kappa shape index (κ1) is 15.1. The molecule has 110 valence electrons. The standard InChI is InChI=1S/C14H15N3O3S/c1-8-6-11(4-5-13(8)17(19)20)14(18)15-9(2)12-7-21-10(3)16-12/h4-7,9H,1-3H3,(H,15,18). The Kier molecular flexibility index (Phi) is 4.32. The third kappa shape index (κ3) is 3.43. The number of rotatable bonds is 4. The fraction of sp³-hybridized carbons (Fsp3) is 0.286. The van der Waals surface area contributed by atoms with E-state index < -0.39 is 4.92 Å². The van der Waals surface area contributed by atoms with Crippen molar-refractivity contribution < 1.29 is 9.72 Å². The normalized spacial score (nSPS) is 12.0. The van der Waals surface area contributed by atoms with E-state index in [1.807, 2.05) is 19.2 Å². The van der Waals surface area contributed by atoms with Crippen LogP contribution in [-0.2, 0) is 0 Å². The van der Waals surface area contributed by atoms with Gasteiger partial charge in [0, 0.05) is 22.6 Å². The molecule has 1 unspecified atom stereocenters. The van der Waals surface area contributed by atoms with Crippen LogP contribution < -0.4 is 5.32 Å². The highest BCUT2D eigenvalue weighted by Gasteiger charge is 2.16. The number of amides is 1. The molecule has 0 fully saturated rings. The average molecular weight is 305 g/mol. The maximum Gasteiger partial charge on any atom is 0.272 e. The zero-order chi connectivity index (χ0) is 15.6. The van der Waals surface area contributed by atoms with Gasteiger partial charge in [0.2, 0.25) is 0 Å². The van der Waals surface area contributed by atoms with E-state index in [1.165, 1.54) is 29.5 Å². The van der Waals surface area contributed by atoms with Crippen LogP contribution in [0.15, 0.2) is 23.6 Å². The molecular formula is C14H15N3O3S. The van der Waals surface area contributed by atoms with Gasteiger partial charge in [-0.15, -0.1) is 11.3 Å². The average Bonchev–Trinajstić information content (AvgIpc) is 2.84. The molecule has 21 heavy (non-hydrogen) atoms. The molecule has 0 saturated heterocycles. The number of carbonyl (C=O) groups is 1. The molecule has 1 aromatic carbocycles. The molecule has 1 aromatic heterocycles. The van der Waals surface area contributed by atoms with Crippen molar-refractivity contribution in [2.45, 2.75) is 26.8 Å². The van der Waals surface area contributed by atoms with Gasteiger partial charge in [-0.25, -0.2) is 4.98 Å². The Hall–Kier alpha value is -2.28. The van der Waals surface area contributed by atoms with Crippen LogP contribution in [0.25, 0.3) is 0 Å². The number of benzene rings is 1. The molecular weight excluding hydrogens is 290 g/mol. The van der Waals surface area contributed by atoms with Crippen molar-refractivity contribution in [3.05, 3.63) is 55.5 Å². The molecule has 0 radical (unpaired) electrons. The number of thiazole rings is 1. The van der Waals surface area contributed by atoms with Crippen molar-refractivity contribution >= 4 is 22.9 Å². The first-order valence-electron chi connectivity index (χ1n) is 6.36. The lowest BCUT2D eigenvalue weighted by Crippen LogP contribution is -2.26. The first-order valence-corrected chi connectivity index (χ1v) is 7.24. The van der Waals surface area contributed by atoms with E-state index in [1.54, 1.807) is 6.92 Å². The fourth-order valence-corrected chi connectivity index (χ4v) is 2.64. The van der Waals surface area contributed by atoms with Crippen LogP contribution >= 0.6 is 11.3 Å². The smallest absolute Gasteiger partial charge is 0.272 e. The van der Waals surface area contributed by atoms with Crippen LogP contribution in [0.1, 0.15) is 39.6 Å². The predicted octanol–water partition coefficient (Wildman–Crippen LogP) is 3.16. The molecule has 1 atom stereocenters. The van der Waals surface area contributed by atoms with Crippen LogP contribution in [0.3, 0.4) is 0 Å². The minimum atomic E-state index is -0.461. The second kappa shape index (κ2) is 6.01. The first-order chi connectivity index (χ1) is 9.88. The Labute approximate surface area is 126 Å². The summed E-state index contributed by atoms with van der Waals surface area (Å²) in [4.78, 5) is 26.8. The van der Waals surface area contributed by atoms with Gasteiger partial charge >= 0.3 is 0 Å². The molecule has 7 heteroatoms. The Morgan fingerprint density at radius 3 is 2.67 bits per heavy atom. The Morgan fingerprint density at radius 2 is 2.14 bits per heavy atom. The summed E-state index contributed by atoms with van der Waals surface area (Å²) in [7, 11) is 0. The number of nitrogens with zero attached hydrogens (tertiary/aromatic N) is 2. The molecule has 2 rings (SSSR count). The number of aryl methyl sites for hydroxylation is 2. The largest absolute Gasteiger partial charge is 0.344 e. The topological polar surface area (TPSA) is 85.1 Å². The number of hydrogen-bond donors (Lipinski definition) is 1. The lowest BCUT2D eigenvalue weighted by atomic mass is 10.1. The van der Waals surface area contributed by atoms with Crippen LogP contribution in [0.4, 0.5) is 5.69 Å². The van der Waals surface area contributed by atoms with Gasteiger partial charge in [0.1, 0.15) is 0 Å². The van der Waals surface area contributed by atoms with Gasteiger partial charge in [0.25, 0.3) is 11.6 Å². The lowest BCUT2D eigenvalue weighted by molar-refractivity contribution is -0.385. The highest BCUT2D eigenvalue weighted by Crippen LogP contribution is 2.20. The minimum absolute atomic E-state index is 0.00900. The van der Waals surface area contributed by atoms with E-state index in [-0.39, 0.29) is 17.6 Å². The monoisotopic (exact) mass is 305 g/mol. The third-order valence-corrected chi connectivity index (χ3v) is 3.88. The van der Waals surface area contributed by atoms with Crippen molar-refractivity contribution in [3.8, 4) is 0 Å². The molecule has 0 aliphatic rings. The summed E-state index contributed by atoms with van der Waals surface area (Å²) in [5, 5.41) is 16.4. The molecule has 1 N–H and O–H groups in total. The number of carbonyl (C=O) groups excluding carboxylic acids is 1. The Balaban J connectivity index is 2.13. The van der Waals surface area contributed by atoms with Crippen LogP contribution in [-0.4, -0.2) is 15.8 Å². The van der Waals surface area contributed by atoms with Gasteiger partial charge in [-0.3, -0.25) is 14.9 Å². The lowest BCUT2D eigenvalue weighted by Gasteiger charge is -2.12. The predicted molar refractivity (Wildman–Crippen MR) is 80.6 cm³/mol. The van der Waals surface area contributed by atoms with E-state index in [0.717, 1.165) is 10.7 Å². The zero-order valence-electron chi connectivity index (χ0n) is 11.9. The van der Waals surface area contributed by atoms with Gasteiger partial charge in [0.05, 0.1) is 21.7 Å². The van der Waals surface area contributed by atoms with E-state index in [0.29, 0.717) is 11.1 Å². The molecule has 6 nitrogen and oxygen atoms in total. The Bertz CT molecular complexity index is 697. The molecule has 0 spiro atoms. The second-order valence-electron chi connectivity index (χ2n) is 4.74. The molecule has 0 bridgehead atoms. The number of nitro benzene ring substituents is 1. The van der Waals surface area contributed by atoms with Crippen LogP contribution in [0, 0.1) is 24.0 Å². The van der Waals surface area contributed by atoms with Crippen molar-refractivity contribution in [3.63, 3.8) is 0 Å². The van der Waals surface area contributed by atoms with E-state index in [9.17, 15) is 14.9 Å². The van der Waals surface area contributed by atoms with Crippen LogP contribution in [0.5, 0.6) is 0 Å². The highest BCUT2D eigenvalue weighted by atomic mass is 32.1. The van der Waals surface area contributed by atoms with E-state index in [4.69, 9.17) is 0 Å². The molecule has 1 amide bonds. The summed E-state index contributed by atoms with van der Waals surface area (Å²) in [5.74, 6) is -0.272. The number of nitro groups is 1. The van der Waals surface area contributed by atoms with Gasteiger partial charge in [0.15, 0.2) is 0 Å². The fourth-order valence-electron chi connectivity index (χ4n) is 1.93. The quantitative estimate of drug-likeness (QED) is 0.694. The van der Waals surface area contributed by atoms with Gasteiger partial charge < -0.3 is 5.32 Å². The number of nitrogens with one attached hydrogen (secondary N) is 1. The van der Waals surface area contributed by atoms with Crippen molar-refractivity contribution in [2.75, 3.05) is 0 Å². The minimum Gasteiger partial charge on any atom is -0.344 e. The van der Waals surface area contributed by atoms with Crippen LogP contribution in [0.2, 0.25) is 0 Å². The molecule has 0 aliphatic carbocycles. The summed E-state index contributed by atoms with van der Waals surface area (Å²) in [6, 6.07) is 4.12. The van der Waals surface area contributed by atoms with Gasteiger partial charge in [-0.1, -0.05) is 0 Å². The summed E-state index contributed by atoms with van der Waals surface area (Å²) in [6.45, 7) is 5.37. The third-order valence-electron chi connectivity index (χ3n) is 3.08. The second-order valence-corrected chi connectivity index (χ2v) is 5.81. The summed E-state index contributed by atoms with van der Waals surface area (Å²) >= 11 is 1.53. The summed E-state index contributed by atoms with van der Waals surface area (Å²) in [6.07, 6.45) is 0. The van der Waals surface area contributed by atoms with E-state index in [2.05, 4.69) is 10.3 Å². The number of hydrogen-bond acceptors (Lipinski definition) is 5. The molecule has 2 aromatic rings. The van der Waals surface area contributed by atoms with E-state index >= 15 is 0 Å². The van der Waals surface area contributed by atoms with Gasteiger partial charge in [-0.05, 0) is 32.9 Å². The molecule has 1 heterocycles. The maximum absolute atomic E-state index is 12.2. The maximum atomic E-state index is 12.2. The summed E-state index contributed by atoms with van der Waals surface area (Å²) in [5.41, 5.74) is 1.68.